The summed E-state index contributed by atoms with van der Waals surface area (Å²) in [6.45, 7) is 4.94. The van der Waals surface area contributed by atoms with Crippen molar-refractivity contribution in [3.63, 3.8) is 0 Å². The number of hydrogen-bond acceptors (Lipinski definition) is 4. The van der Waals surface area contributed by atoms with E-state index < -0.39 is 0 Å². The number of methoxy groups -OCH3 is 1. The molecule has 1 N–H and O–H groups in total. The Kier molecular flexibility index (Phi) is 8.57. The highest BCUT2D eigenvalue weighted by molar-refractivity contribution is 9.10. The summed E-state index contributed by atoms with van der Waals surface area (Å²) < 4.78 is 11.4. The Balaban J connectivity index is 0.00000324. The highest BCUT2D eigenvalue weighted by Crippen LogP contribution is 2.36. The Labute approximate surface area is 128 Å². The summed E-state index contributed by atoms with van der Waals surface area (Å²) in [7, 11) is 1.58. The first-order chi connectivity index (χ1) is 8.58. The third-order valence-electron chi connectivity index (χ3n) is 2.28. The molecule has 1 rings (SSSR count). The third-order valence-corrected chi connectivity index (χ3v) is 2.87. The maximum absolute atomic E-state index is 8.54. The summed E-state index contributed by atoms with van der Waals surface area (Å²) in [5.41, 5.74) is 1.09. The number of nitrogens with one attached hydrogen (secondary N) is 1. The van der Waals surface area contributed by atoms with Gasteiger partial charge in [-0.1, -0.05) is 13.8 Å². The summed E-state index contributed by atoms with van der Waals surface area (Å²) in [5, 5.41) is 11.9. The fraction of sp³-hybridized carbons (Fsp3) is 0.462. The van der Waals surface area contributed by atoms with Crippen LogP contribution < -0.4 is 14.8 Å². The number of rotatable bonds is 6. The smallest absolute Gasteiger partial charge is 0.176 e. The zero-order valence-electron chi connectivity index (χ0n) is 11.2. The minimum atomic E-state index is -0.00144. The molecule has 0 aliphatic carbocycles. The van der Waals surface area contributed by atoms with Crippen molar-refractivity contribution in [1.29, 1.82) is 5.26 Å². The summed E-state index contributed by atoms with van der Waals surface area (Å²) in [6, 6.07) is 6.23. The Morgan fingerprint density at radius 3 is 2.63 bits per heavy atom. The van der Waals surface area contributed by atoms with E-state index in [9.17, 15) is 0 Å². The van der Waals surface area contributed by atoms with E-state index in [0.29, 0.717) is 17.5 Å². The van der Waals surface area contributed by atoms with Crippen molar-refractivity contribution in [2.75, 3.05) is 13.7 Å². The summed E-state index contributed by atoms with van der Waals surface area (Å²) >= 11 is 3.43. The molecule has 0 aliphatic heterocycles. The van der Waals surface area contributed by atoms with Crippen LogP contribution in [0.4, 0.5) is 0 Å². The van der Waals surface area contributed by atoms with Gasteiger partial charge in [-0.05, 0) is 33.6 Å². The maximum Gasteiger partial charge on any atom is 0.176 e. The van der Waals surface area contributed by atoms with Crippen LogP contribution in [0.15, 0.2) is 16.6 Å². The number of hydrogen-bond donors (Lipinski definition) is 1. The topological polar surface area (TPSA) is 54.3 Å². The summed E-state index contributed by atoms with van der Waals surface area (Å²) in [4.78, 5) is 0. The number of ether oxygens (including phenoxy) is 2. The fourth-order valence-corrected chi connectivity index (χ4v) is 2.05. The second-order valence-corrected chi connectivity index (χ2v) is 4.95. The molecule has 0 unspecified atom stereocenters. The van der Waals surface area contributed by atoms with Crippen LogP contribution in [0, 0.1) is 11.3 Å². The second-order valence-electron chi connectivity index (χ2n) is 4.09. The molecule has 0 radical (unpaired) electrons. The van der Waals surface area contributed by atoms with E-state index in [1.165, 1.54) is 0 Å². The van der Waals surface area contributed by atoms with Gasteiger partial charge >= 0.3 is 0 Å². The van der Waals surface area contributed by atoms with Crippen molar-refractivity contribution in [3.05, 3.63) is 22.2 Å². The molecule has 1 aromatic carbocycles. The summed E-state index contributed by atoms with van der Waals surface area (Å²) in [5.74, 6) is 1.19. The lowest BCUT2D eigenvalue weighted by molar-refractivity contribution is 0.327. The van der Waals surface area contributed by atoms with Crippen molar-refractivity contribution in [2.24, 2.45) is 0 Å². The molecule has 0 amide bonds. The average molecular weight is 350 g/mol. The normalized spacial score (nSPS) is 9.68. The van der Waals surface area contributed by atoms with E-state index in [4.69, 9.17) is 14.7 Å². The standard InChI is InChI=1S/C13H17BrN2O2.ClH/c1-9(2)16-8-10-6-11(14)13(18-5-4-15)12(7-10)17-3;/h6-7,9,16H,5,8H2,1-3H3;1H. The highest BCUT2D eigenvalue weighted by Gasteiger charge is 2.11. The van der Waals surface area contributed by atoms with E-state index >= 15 is 0 Å². The molecule has 106 valence electrons. The van der Waals surface area contributed by atoms with Crippen LogP contribution in [0.5, 0.6) is 11.5 Å². The van der Waals surface area contributed by atoms with Crippen molar-refractivity contribution in [3.8, 4) is 17.6 Å². The lowest BCUT2D eigenvalue weighted by atomic mass is 10.2. The number of halogens is 2. The van der Waals surface area contributed by atoms with Crippen LogP contribution in [0.2, 0.25) is 0 Å². The molecule has 0 spiro atoms. The van der Waals surface area contributed by atoms with Gasteiger partial charge in [-0.25, -0.2) is 0 Å². The molecule has 0 heterocycles. The van der Waals surface area contributed by atoms with Gasteiger partial charge in [-0.2, -0.15) is 5.26 Å². The van der Waals surface area contributed by atoms with E-state index in [2.05, 4.69) is 35.1 Å². The third kappa shape index (κ3) is 5.68. The minimum absolute atomic E-state index is 0. The molecule has 4 nitrogen and oxygen atoms in total. The van der Waals surface area contributed by atoms with Crippen molar-refractivity contribution in [2.45, 2.75) is 26.4 Å². The first-order valence-corrected chi connectivity index (χ1v) is 6.47. The molecule has 0 atom stereocenters. The van der Waals surface area contributed by atoms with Crippen LogP contribution in [-0.4, -0.2) is 19.8 Å². The van der Waals surface area contributed by atoms with Crippen molar-refractivity contribution >= 4 is 28.3 Å². The number of nitriles is 1. The molecule has 6 heteroatoms. The lowest BCUT2D eigenvalue weighted by Crippen LogP contribution is -2.21. The Bertz CT molecular complexity index is 447. The predicted octanol–water partition coefficient (Wildman–Crippen LogP) is 3.28. The largest absolute Gasteiger partial charge is 0.493 e. The number of nitrogens with zero attached hydrogens (tertiary/aromatic N) is 1. The van der Waals surface area contributed by atoms with E-state index in [1.54, 1.807) is 7.11 Å². The van der Waals surface area contributed by atoms with Gasteiger partial charge in [0.05, 0.1) is 11.6 Å². The van der Waals surface area contributed by atoms with Gasteiger partial charge in [0.25, 0.3) is 0 Å². The Morgan fingerprint density at radius 1 is 1.42 bits per heavy atom. The lowest BCUT2D eigenvalue weighted by Gasteiger charge is -2.14. The SMILES string of the molecule is COc1cc(CNC(C)C)cc(Br)c1OCC#N.Cl. The molecule has 0 aliphatic rings. The van der Waals surface area contributed by atoms with Crippen LogP contribution in [-0.2, 0) is 6.54 Å². The predicted molar refractivity (Wildman–Crippen MR) is 81.0 cm³/mol. The maximum atomic E-state index is 8.54. The van der Waals surface area contributed by atoms with E-state index in [1.807, 2.05) is 18.2 Å². The number of benzene rings is 1. The summed E-state index contributed by atoms with van der Waals surface area (Å²) in [6.07, 6.45) is 0. The molecular formula is C13H18BrClN2O2. The van der Waals surface area contributed by atoms with Gasteiger partial charge in [0, 0.05) is 12.6 Å². The zero-order chi connectivity index (χ0) is 13.5. The fourth-order valence-electron chi connectivity index (χ4n) is 1.44. The molecule has 0 saturated carbocycles. The van der Waals surface area contributed by atoms with Gasteiger partial charge < -0.3 is 14.8 Å². The Morgan fingerprint density at radius 2 is 2.11 bits per heavy atom. The molecule has 19 heavy (non-hydrogen) atoms. The van der Waals surface area contributed by atoms with Gasteiger partial charge in [0.1, 0.15) is 6.07 Å². The van der Waals surface area contributed by atoms with Gasteiger partial charge in [-0.3, -0.25) is 0 Å². The first kappa shape index (κ1) is 18.0. The van der Waals surface area contributed by atoms with E-state index in [-0.39, 0.29) is 19.0 Å². The zero-order valence-corrected chi connectivity index (χ0v) is 13.6. The first-order valence-electron chi connectivity index (χ1n) is 5.68. The minimum Gasteiger partial charge on any atom is -0.493 e. The van der Waals surface area contributed by atoms with Gasteiger partial charge in [0.2, 0.25) is 0 Å². The average Bonchev–Trinajstić information content (AvgIpc) is 2.34. The monoisotopic (exact) mass is 348 g/mol. The van der Waals surface area contributed by atoms with Crippen molar-refractivity contribution < 1.29 is 9.47 Å². The van der Waals surface area contributed by atoms with Crippen LogP contribution in [0.3, 0.4) is 0 Å². The molecule has 0 aromatic heterocycles. The van der Waals surface area contributed by atoms with Gasteiger partial charge in [-0.15, -0.1) is 12.4 Å². The second kappa shape index (κ2) is 9.03. The van der Waals surface area contributed by atoms with Crippen LogP contribution >= 0.6 is 28.3 Å². The molecule has 0 bridgehead atoms. The van der Waals surface area contributed by atoms with Crippen molar-refractivity contribution in [1.82, 2.24) is 5.32 Å². The Hall–Kier alpha value is -0.960. The molecule has 0 fully saturated rings. The van der Waals surface area contributed by atoms with Gasteiger partial charge in [0.15, 0.2) is 18.1 Å². The molecular weight excluding hydrogens is 332 g/mol. The van der Waals surface area contributed by atoms with Crippen LogP contribution in [0.25, 0.3) is 0 Å². The molecule has 0 saturated heterocycles. The quantitative estimate of drug-likeness (QED) is 0.856. The highest BCUT2D eigenvalue weighted by atomic mass is 79.9. The molecule has 1 aromatic rings. The van der Waals surface area contributed by atoms with Crippen LogP contribution in [0.1, 0.15) is 19.4 Å². The van der Waals surface area contributed by atoms with E-state index in [0.717, 1.165) is 16.6 Å².